The molecule has 2 atom stereocenters. The molecule has 0 bridgehead atoms. The largest absolute Gasteiger partial charge is 0.370 e. The van der Waals surface area contributed by atoms with E-state index in [1.165, 1.54) is 0 Å². The summed E-state index contributed by atoms with van der Waals surface area (Å²) in [6, 6.07) is 9.88. The van der Waals surface area contributed by atoms with E-state index in [0.717, 1.165) is 12.0 Å². The molecule has 1 rings (SSSR count). The number of primary amides is 1. The van der Waals surface area contributed by atoms with Crippen molar-refractivity contribution in [3.8, 4) is 0 Å². The molecule has 0 aliphatic carbocycles. The summed E-state index contributed by atoms with van der Waals surface area (Å²) in [4.78, 5) is 10.7. The number of benzene rings is 1. The van der Waals surface area contributed by atoms with Crippen molar-refractivity contribution in [3.63, 3.8) is 0 Å². The van der Waals surface area contributed by atoms with Gasteiger partial charge < -0.3 is 11.5 Å². The molecule has 0 aliphatic heterocycles. The third-order valence-corrected chi connectivity index (χ3v) is 2.43. The Morgan fingerprint density at radius 2 is 1.93 bits per heavy atom. The van der Waals surface area contributed by atoms with Crippen molar-refractivity contribution in [1.82, 2.24) is 0 Å². The standard InChI is InChI=1S/C12H18N2O/c1-9(8-12(14)15)7-11(13)10-5-3-2-4-6-10/h2-6,9,11H,7-8,13H2,1H3,(H2,14,15). The number of amides is 1. The first-order valence-corrected chi connectivity index (χ1v) is 5.18. The smallest absolute Gasteiger partial charge is 0.217 e. The molecule has 4 N–H and O–H groups in total. The summed E-state index contributed by atoms with van der Waals surface area (Å²) in [5.41, 5.74) is 12.3. The van der Waals surface area contributed by atoms with E-state index in [1.807, 2.05) is 37.3 Å². The monoisotopic (exact) mass is 206 g/mol. The van der Waals surface area contributed by atoms with Crippen molar-refractivity contribution in [2.24, 2.45) is 17.4 Å². The minimum Gasteiger partial charge on any atom is -0.370 e. The van der Waals surface area contributed by atoms with Crippen LogP contribution in [-0.4, -0.2) is 5.91 Å². The molecule has 1 amide bonds. The van der Waals surface area contributed by atoms with Crippen molar-refractivity contribution < 1.29 is 4.79 Å². The molecular weight excluding hydrogens is 188 g/mol. The average molecular weight is 206 g/mol. The van der Waals surface area contributed by atoms with E-state index in [1.54, 1.807) is 0 Å². The molecule has 1 aromatic rings. The van der Waals surface area contributed by atoms with Crippen molar-refractivity contribution in [2.75, 3.05) is 0 Å². The number of carbonyl (C=O) groups excluding carboxylic acids is 1. The fourth-order valence-electron chi connectivity index (χ4n) is 1.70. The van der Waals surface area contributed by atoms with Crippen LogP contribution in [0.15, 0.2) is 30.3 Å². The molecule has 0 saturated heterocycles. The van der Waals surface area contributed by atoms with Crippen molar-refractivity contribution in [2.45, 2.75) is 25.8 Å². The molecule has 15 heavy (non-hydrogen) atoms. The average Bonchev–Trinajstić information content (AvgIpc) is 2.17. The minimum absolute atomic E-state index is 0.0134. The Balaban J connectivity index is 2.49. The van der Waals surface area contributed by atoms with Gasteiger partial charge in [-0.2, -0.15) is 0 Å². The quantitative estimate of drug-likeness (QED) is 0.768. The Labute approximate surface area is 90.5 Å². The molecule has 0 fully saturated rings. The number of carbonyl (C=O) groups is 1. The number of rotatable bonds is 5. The summed E-state index contributed by atoms with van der Waals surface area (Å²) in [6.45, 7) is 1.99. The summed E-state index contributed by atoms with van der Waals surface area (Å²) in [7, 11) is 0. The van der Waals surface area contributed by atoms with Gasteiger partial charge in [0.1, 0.15) is 0 Å². The van der Waals surface area contributed by atoms with E-state index in [9.17, 15) is 4.79 Å². The van der Waals surface area contributed by atoms with E-state index < -0.39 is 0 Å². The van der Waals surface area contributed by atoms with Gasteiger partial charge in [0.05, 0.1) is 0 Å². The number of hydrogen-bond donors (Lipinski definition) is 2. The number of nitrogens with two attached hydrogens (primary N) is 2. The van der Waals surface area contributed by atoms with Crippen LogP contribution < -0.4 is 11.5 Å². The summed E-state index contributed by atoms with van der Waals surface area (Å²) in [6.07, 6.45) is 1.19. The van der Waals surface area contributed by atoms with Gasteiger partial charge in [-0.05, 0) is 17.9 Å². The summed E-state index contributed by atoms with van der Waals surface area (Å²) in [5, 5.41) is 0. The number of hydrogen-bond acceptors (Lipinski definition) is 2. The topological polar surface area (TPSA) is 69.1 Å². The van der Waals surface area contributed by atoms with Crippen molar-refractivity contribution >= 4 is 5.91 Å². The predicted molar refractivity (Wildman–Crippen MR) is 61.0 cm³/mol. The Morgan fingerprint density at radius 1 is 1.33 bits per heavy atom. The normalized spacial score (nSPS) is 14.5. The first-order valence-electron chi connectivity index (χ1n) is 5.18. The zero-order chi connectivity index (χ0) is 11.3. The van der Waals surface area contributed by atoms with Gasteiger partial charge in [-0.25, -0.2) is 0 Å². The Hall–Kier alpha value is -1.35. The van der Waals surface area contributed by atoms with Gasteiger partial charge in [-0.15, -0.1) is 0 Å². The van der Waals surface area contributed by atoms with Gasteiger partial charge in [0, 0.05) is 12.5 Å². The van der Waals surface area contributed by atoms with Crippen molar-refractivity contribution in [3.05, 3.63) is 35.9 Å². The molecule has 1 aromatic carbocycles. The van der Waals surface area contributed by atoms with Crippen LogP contribution in [0.3, 0.4) is 0 Å². The van der Waals surface area contributed by atoms with Gasteiger partial charge in [0.2, 0.25) is 5.91 Å². The summed E-state index contributed by atoms with van der Waals surface area (Å²) in [5.74, 6) is -0.0273. The van der Waals surface area contributed by atoms with Crippen LogP contribution >= 0.6 is 0 Å². The molecule has 0 saturated carbocycles. The van der Waals surface area contributed by atoms with E-state index in [4.69, 9.17) is 11.5 Å². The molecule has 82 valence electrons. The van der Waals surface area contributed by atoms with E-state index in [-0.39, 0.29) is 17.9 Å². The maximum Gasteiger partial charge on any atom is 0.217 e. The van der Waals surface area contributed by atoms with Crippen LogP contribution in [0.2, 0.25) is 0 Å². The highest BCUT2D eigenvalue weighted by Gasteiger charge is 2.12. The maximum absolute atomic E-state index is 10.7. The zero-order valence-electron chi connectivity index (χ0n) is 9.02. The second kappa shape index (κ2) is 5.51. The lowest BCUT2D eigenvalue weighted by molar-refractivity contribution is -0.118. The Kier molecular flexibility index (Phi) is 4.31. The molecule has 2 unspecified atom stereocenters. The van der Waals surface area contributed by atoms with Gasteiger partial charge in [-0.3, -0.25) is 4.79 Å². The fraction of sp³-hybridized carbons (Fsp3) is 0.417. The van der Waals surface area contributed by atoms with Crippen molar-refractivity contribution in [1.29, 1.82) is 0 Å². The molecular formula is C12H18N2O. The highest BCUT2D eigenvalue weighted by atomic mass is 16.1. The SMILES string of the molecule is CC(CC(N)=O)CC(N)c1ccccc1. The maximum atomic E-state index is 10.7. The molecule has 3 nitrogen and oxygen atoms in total. The van der Waals surface area contributed by atoms with Gasteiger partial charge in [0.25, 0.3) is 0 Å². The Morgan fingerprint density at radius 3 is 2.47 bits per heavy atom. The second-order valence-corrected chi connectivity index (χ2v) is 4.03. The summed E-state index contributed by atoms with van der Waals surface area (Å²) < 4.78 is 0. The van der Waals surface area contributed by atoms with Crippen LogP contribution in [0.1, 0.15) is 31.4 Å². The molecule has 0 heterocycles. The van der Waals surface area contributed by atoms with Crippen LogP contribution in [0, 0.1) is 5.92 Å². The van der Waals surface area contributed by atoms with Crippen LogP contribution in [0.25, 0.3) is 0 Å². The minimum atomic E-state index is -0.261. The molecule has 0 spiro atoms. The van der Waals surface area contributed by atoms with Crippen LogP contribution in [-0.2, 0) is 4.79 Å². The predicted octanol–water partition coefficient (Wildman–Crippen LogP) is 1.59. The second-order valence-electron chi connectivity index (χ2n) is 4.03. The first-order chi connectivity index (χ1) is 7.09. The zero-order valence-corrected chi connectivity index (χ0v) is 9.02. The third-order valence-electron chi connectivity index (χ3n) is 2.43. The first kappa shape index (κ1) is 11.7. The molecule has 0 aromatic heterocycles. The van der Waals surface area contributed by atoms with Gasteiger partial charge >= 0.3 is 0 Å². The highest BCUT2D eigenvalue weighted by Crippen LogP contribution is 2.20. The van der Waals surface area contributed by atoms with Gasteiger partial charge in [-0.1, -0.05) is 37.3 Å². The van der Waals surface area contributed by atoms with Crippen LogP contribution in [0.4, 0.5) is 0 Å². The van der Waals surface area contributed by atoms with E-state index >= 15 is 0 Å². The Bertz CT molecular complexity index is 311. The fourth-order valence-corrected chi connectivity index (χ4v) is 1.70. The lowest BCUT2D eigenvalue weighted by Crippen LogP contribution is -2.19. The molecule has 3 heteroatoms. The third kappa shape index (κ3) is 4.13. The summed E-state index contributed by atoms with van der Waals surface area (Å²) >= 11 is 0. The highest BCUT2D eigenvalue weighted by molar-refractivity contribution is 5.73. The van der Waals surface area contributed by atoms with Gasteiger partial charge in [0.15, 0.2) is 0 Å². The lowest BCUT2D eigenvalue weighted by Gasteiger charge is -2.16. The van der Waals surface area contributed by atoms with Crippen LogP contribution in [0.5, 0.6) is 0 Å². The molecule has 0 radical (unpaired) electrons. The lowest BCUT2D eigenvalue weighted by atomic mass is 9.94. The molecule has 0 aliphatic rings. The van der Waals surface area contributed by atoms with E-state index in [2.05, 4.69) is 0 Å². The van der Waals surface area contributed by atoms with E-state index in [0.29, 0.717) is 6.42 Å².